The van der Waals surface area contributed by atoms with Crippen LogP contribution < -0.4 is 26.0 Å². The highest BCUT2D eigenvalue weighted by Gasteiger charge is 2.22. The van der Waals surface area contributed by atoms with Crippen molar-refractivity contribution in [1.29, 1.82) is 0 Å². The molecule has 1 aromatic carbocycles. The molecule has 8 heteroatoms. The second kappa shape index (κ2) is 11.9. The minimum Gasteiger partial charge on any atom is -0.490 e. The Morgan fingerprint density at radius 1 is 1.06 bits per heavy atom. The molecule has 33 heavy (non-hydrogen) atoms. The standard InChI is InChI=1S/C25H37N3O5/c1-4-32-21-15-18-20(16-22(21)33-5-2)27-25(31)28(24(18)30)14-10-6-7-13-23(29)26-19-12-9-8-11-17(19)3/h15-17,19H,4-14H2,1-3H3,(H,26,29)(H,27,31)/t17-,19-/m1/s1. The van der Waals surface area contributed by atoms with Gasteiger partial charge in [-0.05, 0) is 51.5 Å². The van der Waals surface area contributed by atoms with Crippen LogP contribution in [0.25, 0.3) is 10.9 Å². The average molecular weight is 460 g/mol. The fraction of sp³-hybridized carbons (Fsp3) is 0.640. The van der Waals surface area contributed by atoms with Crippen molar-refractivity contribution < 1.29 is 14.3 Å². The second-order valence-electron chi connectivity index (χ2n) is 8.84. The number of amides is 1. The lowest BCUT2D eigenvalue weighted by Crippen LogP contribution is -2.40. The van der Waals surface area contributed by atoms with Gasteiger partial charge in [-0.15, -0.1) is 0 Å². The van der Waals surface area contributed by atoms with Crippen LogP contribution in [0, 0.1) is 5.92 Å². The molecular formula is C25H37N3O5. The van der Waals surface area contributed by atoms with Crippen molar-refractivity contribution in [1.82, 2.24) is 14.9 Å². The molecule has 0 bridgehead atoms. The van der Waals surface area contributed by atoms with Crippen LogP contribution >= 0.6 is 0 Å². The summed E-state index contributed by atoms with van der Waals surface area (Å²) in [7, 11) is 0. The van der Waals surface area contributed by atoms with E-state index in [2.05, 4.69) is 17.2 Å². The number of aromatic nitrogens is 2. The second-order valence-corrected chi connectivity index (χ2v) is 8.84. The molecule has 2 aromatic rings. The third-order valence-corrected chi connectivity index (χ3v) is 6.39. The van der Waals surface area contributed by atoms with E-state index in [1.807, 2.05) is 13.8 Å². The summed E-state index contributed by atoms with van der Waals surface area (Å²) >= 11 is 0. The number of carbonyl (C=O) groups excluding carboxylic acids is 1. The summed E-state index contributed by atoms with van der Waals surface area (Å²) in [5.41, 5.74) is -0.355. The van der Waals surface area contributed by atoms with E-state index in [0.717, 1.165) is 19.3 Å². The number of carbonyl (C=O) groups is 1. The molecule has 1 heterocycles. The third-order valence-electron chi connectivity index (χ3n) is 6.39. The normalized spacial score (nSPS) is 18.3. The first-order valence-corrected chi connectivity index (χ1v) is 12.3. The van der Waals surface area contributed by atoms with Gasteiger partial charge in [0, 0.05) is 25.1 Å². The molecule has 1 amide bonds. The van der Waals surface area contributed by atoms with Gasteiger partial charge in [0.05, 0.1) is 24.1 Å². The third kappa shape index (κ3) is 6.39. The fourth-order valence-electron chi connectivity index (χ4n) is 4.54. The molecule has 182 valence electrons. The van der Waals surface area contributed by atoms with E-state index in [4.69, 9.17) is 9.47 Å². The van der Waals surface area contributed by atoms with Crippen molar-refractivity contribution in [3.8, 4) is 11.5 Å². The van der Waals surface area contributed by atoms with Gasteiger partial charge in [-0.2, -0.15) is 0 Å². The number of hydrogen-bond donors (Lipinski definition) is 2. The van der Waals surface area contributed by atoms with Crippen LogP contribution in [-0.4, -0.2) is 34.7 Å². The van der Waals surface area contributed by atoms with E-state index in [9.17, 15) is 14.4 Å². The van der Waals surface area contributed by atoms with Crippen LogP contribution in [0.2, 0.25) is 0 Å². The van der Waals surface area contributed by atoms with Crippen molar-refractivity contribution in [2.75, 3.05) is 13.2 Å². The van der Waals surface area contributed by atoms with Gasteiger partial charge in [-0.3, -0.25) is 14.2 Å². The van der Waals surface area contributed by atoms with Gasteiger partial charge in [-0.25, -0.2) is 4.79 Å². The Hall–Kier alpha value is -2.77. The zero-order valence-corrected chi connectivity index (χ0v) is 20.1. The quantitative estimate of drug-likeness (QED) is 0.498. The molecule has 1 fully saturated rings. The summed E-state index contributed by atoms with van der Waals surface area (Å²) in [4.78, 5) is 40.6. The van der Waals surface area contributed by atoms with Gasteiger partial charge in [0.1, 0.15) is 0 Å². The number of hydrogen-bond acceptors (Lipinski definition) is 5. The largest absolute Gasteiger partial charge is 0.490 e. The molecule has 0 saturated heterocycles. The molecule has 1 aliphatic rings. The molecule has 0 spiro atoms. The van der Waals surface area contributed by atoms with Crippen LogP contribution in [0.4, 0.5) is 0 Å². The van der Waals surface area contributed by atoms with Crippen LogP contribution in [0.1, 0.15) is 72.1 Å². The van der Waals surface area contributed by atoms with Gasteiger partial charge in [0.25, 0.3) is 5.56 Å². The maximum Gasteiger partial charge on any atom is 0.328 e. The van der Waals surface area contributed by atoms with E-state index in [-0.39, 0.29) is 11.5 Å². The molecule has 0 unspecified atom stereocenters. The summed E-state index contributed by atoms with van der Waals surface area (Å²) in [6.07, 6.45) is 7.31. The zero-order valence-electron chi connectivity index (χ0n) is 20.1. The highest BCUT2D eigenvalue weighted by atomic mass is 16.5. The highest BCUT2D eigenvalue weighted by molar-refractivity contribution is 5.81. The van der Waals surface area contributed by atoms with Crippen molar-refractivity contribution >= 4 is 16.8 Å². The minimum atomic E-state index is -0.442. The number of rotatable bonds is 11. The van der Waals surface area contributed by atoms with E-state index >= 15 is 0 Å². The molecule has 8 nitrogen and oxygen atoms in total. The topological polar surface area (TPSA) is 102 Å². The molecule has 3 rings (SSSR count). The van der Waals surface area contributed by atoms with Crippen LogP contribution in [0.15, 0.2) is 21.7 Å². The maximum atomic E-state index is 13.0. The first-order chi connectivity index (χ1) is 15.9. The lowest BCUT2D eigenvalue weighted by molar-refractivity contribution is -0.122. The number of H-pyrrole nitrogens is 1. The van der Waals surface area contributed by atoms with Crippen LogP contribution in [0.5, 0.6) is 11.5 Å². The maximum absolute atomic E-state index is 13.0. The molecule has 0 aliphatic heterocycles. The van der Waals surface area contributed by atoms with Crippen molar-refractivity contribution in [3.63, 3.8) is 0 Å². The number of nitrogens with zero attached hydrogens (tertiary/aromatic N) is 1. The Morgan fingerprint density at radius 2 is 1.76 bits per heavy atom. The number of fused-ring (bicyclic) bond motifs is 1. The number of ether oxygens (including phenoxy) is 2. The summed E-state index contributed by atoms with van der Waals surface area (Å²) in [5.74, 6) is 1.63. The zero-order chi connectivity index (χ0) is 23.8. The fourth-order valence-corrected chi connectivity index (χ4v) is 4.54. The average Bonchev–Trinajstić information content (AvgIpc) is 2.78. The predicted molar refractivity (Wildman–Crippen MR) is 129 cm³/mol. The molecule has 0 radical (unpaired) electrons. The number of benzene rings is 1. The van der Waals surface area contributed by atoms with Gasteiger partial charge >= 0.3 is 5.69 Å². The van der Waals surface area contributed by atoms with Gasteiger partial charge < -0.3 is 19.8 Å². The summed E-state index contributed by atoms with van der Waals surface area (Å²) in [5, 5.41) is 3.56. The first kappa shape index (κ1) is 24.9. The molecule has 2 atom stereocenters. The lowest BCUT2D eigenvalue weighted by atomic mass is 9.86. The number of unbranched alkanes of at least 4 members (excludes halogenated alkanes) is 2. The lowest BCUT2D eigenvalue weighted by Gasteiger charge is -2.29. The minimum absolute atomic E-state index is 0.100. The summed E-state index contributed by atoms with van der Waals surface area (Å²) in [6.45, 7) is 7.13. The molecule has 1 saturated carbocycles. The van der Waals surface area contributed by atoms with Crippen molar-refractivity contribution in [2.45, 2.75) is 84.7 Å². The van der Waals surface area contributed by atoms with Crippen molar-refractivity contribution in [2.24, 2.45) is 5.92 Å². The molecule has 2 N–H and O–H groups in total. The predicted octanol–water partition coefficient (Wildman–Crippen LogP) is 3.74. The summed E-state index contributed by atoms with van der Waals surface area (Å²) in [6, 6.07) is 3.57. The monoisotopic (exact) mass is 459 g/mol. The van der Waals surface area contributed by atoms with Crippen LogP contribution in [0.3, 0.4) is 0 Å². The number of nitrogens with one attached hydrogen (secondary N) is 2. The molecule has 1 aromatic heterocycles. The smallest absolute Gasteiger partial charge is 0.328 e. The Bertz CT molecular complexity index is 1060. The SMILES string of the molecule is CCOc1cc2[nH]c(=O)n(CCCCCC(=O)N[C@@H]3CCCC[C@H]3C)c(=O)c2cc1OCC. The van der Waals surface area contributed by atoms with E-state index < -0.39 is 5.69 Å². The van der Waals surface area contributed by atoms with Crippen molar-refractivity contribution in [3.05, 3.63) is 33.0 Å². The van der Waals surface area contributed by atoms with E-state index in [1.165, 1.54) is 23.8 Å². The molecule has 1 aliphatic carbocycles. The van der Waals surface area contributed by atoms with E-state index in [0.29, 0.717) is 67.0 Å². The Kier molecular flexibility index (Phi) is 8.97. The Morgan fingerprint density at radius 3 is 2.45 bits per heavy atom. The van der Waals surface area contributed by atoms with Gasteiger partial charge in [0.2, 0.25) is 5.91 Å². The molecular weight excluding hydrogens is 422 g/mol. The van der Waals surface area contributed by atoms with Gasteiger partial charge in [-0.1, -0.05) is 26.2 Å². The Labute approximate surface area is 194 Å². The van der Waals surface area contributed by atoms with Gasteiger partial charge in [0.15, 0.2) is 11.5 Å². The summed E-state index contributed by atoms with van der Waals surface area (Å²) < 4.78 is 12.4. The highest BCUT2D eigenvalue weighted by Crippen LogP contribution is 2.30. The first-order valence-electron chi connectivity index (χ1n) is 12.3. The van der Waals surface area contributed by atoms with Crippen LogP contribution in [-0.2, 0) is 11.3 Å². The van der Waals surface area contributed by atoms with E-state index in [1.54, 1.807) is 12.1 Å². The Balaban J connectivity index is 1.58. The number of aromatic amines is 1.